The van der Waals surface area contributed by atoms with Gasteiger partial charge in [0.2, 0.25) is 0 Å². The van der Waals surface area contributed by atoms with E-state index < -0.39 is 17.1 Å². The highest BCUT2D eigenvalue weighted by Crippen LogP contribution is 2.48. The summed E-state index contributed by atoms with van der Waals surface area (Å²) < 4.78 is 29.0. The molecule has 0 aliphatic carbocycles. The van der Waals surface area contributed by atoms with Crippen molar-refractivity contribution in [1.82, 2.24) is 0 Å². The molecule has 0 aromatic heterocycles. The van der Waals surface area contributed by atoms with Crippen molar-refractivity contribution in [1.29, 1.82) is 0 Å². The summed E-state index contributed by atoms with van der Waals surface area (Å²) in [4.78, 5) is 0. The van der Waals surface area contributed by atoms with Crippen LogP contribution in [0.1, 0.15) is 73.5 Å². The summed E-state index contributed by atoms with van der Waals surface area (Å²) >= 11 is 2.37. The fourth-order valence-electron chi connectivity index (χ4n) is 5.07. The van der Waals surface area contributed by atoms with Gasteiger partial charge in [-0.3, -0.25) is 0 Å². The summed E-state index contributed by atoms with van der Waals surface area (Å²) in [6.45, 7) is 18.7. The normalized spacial score (nSPS) is 28.8. The fourth-order valence-corrected chi connectivity index (χ4v) is 16.9. The van der Waals surface area contributed by atoms with Crippen molar-refractivity contribution in [3.05, 3.63) is 33.4 Å². The second-order valence-electron chi connectivity index (χ2n) is 10.1. The molecule has 30 heavy (non-hydrogen) atoms. The van der Waals surface area contributed by atoms with Gasteiger partial charge in [-0.05, 0) is 62.5 Å². The van der Waals surface area contributed by atoms with E-state index >= 15 is 0 Å². The van der Waals surface area contributed by atoms with Gasteiger partial charge in [0.1, 0.15) is 6.10 Å². The molecule has 0 bridgehead atoms. The van der Waals surface area contributed by atoms with Crippen LogP contribution >= 0.6 is 22.6 Å². The van der Waals surface area contributed by atoms with Gasteiger partial charge in [0.25, 0.3) is 0 Å². The van der Waals surface area contributed by atoms with Crippen molar-refractivity contribution in [2.24, 2.45) is 0 Å². The zero-order chi connectivity index (χ0) is 22.3. The van der Waals surface area contributed by atoms with Crippen LogP contribution < -0.4 is 0 Å². The van der Waals surface area contributed by atoms with E-state index in [1.54, 1.807) is 0 Å². The van der Waals surface area contributed by atoms with Crippen molar-refractivity contribution in [3.63, 3.8) is 0 Å². The molecule has 4 nitrogen and oxygen atoms in total. The van der Waals surface area contributed by atoms with Crippen molar-refractivity contribution < 1.29 is 17.7 Å². The molecule has 1 aromatic carbocycles. The minimum atomic E-state index is -2.55. The first-order chi connectivity index (χ1) is 14.0. The maximum Gasteiger partial charge on any atom is 0.335 e. The third kappa shape index (κ3) is 4.63. The van der Waals surface area contributed by atoms with E-state index in [1.165, 1.54) is 9.13 Å². The highest BCUT2D eigenvalue weighted by atomic mass is 127. The lowest BCUT2D eigenvalue weighted by atomic mass is 10.1. The van der Waals surface area contributed by atoms with Crippen LogP contribution in [0.25, 0.3) is 0 Å². The predicted octanol–water partition coefficient (Wildman–Crippen LogP) is 7.08. The number of benzene rings is 1. The van der Waals surface area contributed by atoms with Crippen LogP contribution in [0.5, 0.6) is 0 Å². The van der Waals surface area contributed by atoms with Crippen LogP contribution in [0.4, 0.5) is 0 Å². The molecule has 2 fully saturated rings. The molecule has 170 valence electrons. The molecular weight excluding hydrogens is 523 g/mol. The zero-order valence-corrected chi connectivity index (χ0v) is 23.9. The number of hydrogen-bond donors (Lipinski definition) is 0. The summed E-state index contributed by atoms with van der Waals surface area (Å²) in [5.41, 5.74) is 2.64. The Bertz CT molecular complexity index is 709. The Morgan fingerprint density at radius 3 is 2.00 bits per heavy atom. The van der Waals surface area contributed by atoms with Crippen molar-refractivity contribution in [2.75, 3.05) is 6.61 Å². The molecule has 1 aromatic rings. The quantitative estimate of drug-likeness (QED) is 0.284. The number of hydrogen-bond acceptors (Lipinski definition) is 4. The van der Waals surface area contributed by atoms with Gasteiger partial charge in [-0.25, -0.2) is 0 Å². The first kappa shape index (κ1) is 24.9. The summed E-state index contributed by atoms with van der Waals surface area (Å²) in [7, 11) is -5.05. The lowest BCUT2D eigenvalue weighted by molar-refractivity contribution is -0.0385. The minimum absolute atomic E-state index is 0.0238. The zero-order valence-electron chi connectivity index (χ0n) is 19.8. The summed E-state index contributed by atoms with van der Waals surface area (Å²) in [6, 6.07) is 8.62. The third-order valence-corrected chi connectivity index (χ3v) is 17.7. The average molecular weight is 563 g/mol. The standard InChI is InChI=1S/C23H39IO4Si2/c1-15(2)29(16(3)4)25-14-23-22(27-30(28-29,17(5)6)18(7)8)13-21(26-23)19-10-9-11-20(24)12-19/h9-12,15-18,21-23H,13-14H2,1-8H3/t21-,22+,23-/m1/s1. The third-order valence-electron chi connectivity index (χ3n) is 6.77. The molecule has 0 N–H and O–H groups in total. The summed E-state index contributed by atoms with van der Waals surface area (Å²) in [6.07, 6.45) is 0.904. The van der Waals surface area contributed by atoms with Crippen LogP contribution in [-0.2, 0) is 17.7 Å². The molecule has 3 atom stereocenters. The maximum atomic E-state index is 7.26. The van der Waals surface area contributed by atoms with Gasteiger partial charge in [-0.2, -0.15) is 0 Å². The second-order valence-corrected chi connectivity index (χ2v) is 20.2. The molecule has 3 rings (SSSR count). The van der Waals surface area contributed by atoms with Gasteiger partial charge in [0, 0.05) is 9.99 Å². The smallest absolute Gasteiger partial charge is 0.335 e. The molecule has 0 saturated carbocycles. The van der Waals surface area contributed by atoms with Gasteiger partial charge in [-0.15, -0.1) is 0 Å². The molecule has 7 heteroatoms. The molecule has 0 spiro atoms. The van der Waals surface area contributed by atoms with E-state index in [-0.39, 0.29) is 18.3 Å². The van der Waals surface area contributed by atoms with Crippen molar-refractivity contribution in [3.8, 4) is 0 Å². The van der Waals surface area contributed by atoms with Crippen LogP contribution in [0, 0.1) is 3.57 Å². The van der Waals surface area contributed by atoms with E-state index in [2.05, 4.69) is 102 Å². The molecule has 2 heterocycles. The Balaban J connectivity index is 1.99. The number of rotatable bonds is 5. The van der Waals surface area contributed by atoms with Gasteiger partial charge in [-0.1, -0.05) is 67.5 Å². The molecular formula is C23H39IO4Si2. The van der Waals surface area contributed by atoms with E-state index in [0.29, 0.717) is 28.8 Å². The van der Waals surface area contributed by atoms with Crippen LogP contribution in [0.15, 0.2) is 24.3 Å². The van der Waals surface area contributed by atoms with Gasteiger partial charge >= 0.3 is 17.1 Å². The highest BCUT2D eigenvalue weighted by molar-refractivity contribution is 14.1. The molecule has 0 amide bonds. The largest absolute Gasteiger partial charge is 0.414 e. The maximum absolute atomic E-state index is 7.26. The summed E-state index contributed by atoms with van der Waals surface area (Å²) in [5.74, 6) is 0. The SMILES string of the molecule is CC(C)[Si]1(C(C)C)OC[C@H]2O[C@@H](c3cccc(I)c3)C[C@@H]2O[Si](C(C)C)(C(C)C)O1. The fraction of sp³-hybridized carbons (Fsp3) is 0.739. The molecule has 2 aliphatic rings. The average Bonchev–Trinajstić information content (AvgIpc) is 3.03. The first-order valence-corrected chi connectivity index (χ1v) is 16.5. The first-order valence-electron chi connectivity index (χ1n) is 11.4. The number of fused-ring (bicyclic) bond motifs is 1. The van der Waals surface area contributed by atoms with Gasteiger partial charge < -0.3 is 17.7 Å². The Labute approximate surface area is 199 Å². The van der Waals surface area contributed by atoms with Crippen LogP contribution in [0.2, 0.25) is 22.2 Å². The highest BCUT2D eigenvalue weighted by Gasteiger charge is 2.60. The van der Waals surface area contributed by atoms with Crippen LogP contribution in [-0.4, -0.2) is 35.9 Å². The molecule has 0 radical (unpaired) electrons. The monoisotopic (exact) mass is 562 g/mol. The Kier molecular flexibility index (Phi) is 7.96. The molecule has 2 aliphatic heterocycles. The minimum Gasteiger partial charge on any atom is -0.414 e. The lowest BCUT2D eigenvalue weighted by Crippen LogP contribution is -2.65. The molecule has 0 unspecified atom stereocenters. The van der Waals surface area contributed by atoms with E-state index in [4.69, 9.17) is 17.7 Å². The second kappa shape index (κ2) is 9.61. The lowest BCUT2D eigenvalue weighted by Gasteiger charge is -2.51. The van der Waals surface area contributed by atoms with E-state index in [9.17, 15) is 0 Å². The summed E-state index contributed by atoms with van der Waals surface area (Å²) in [5, 5.41) is 0. The predicted molar refractivity (Wildman–Crippen MR) is 135 cm³/mol. The topological polar surface area (TPSA) is 36.9 Å². The van der Waals surface area contributed by atoms with E-state index in [1.807, 2.05) is 0 Å². The van der Waals surface area contributed by atoms with Crippen molar-refractivity contribution in [2.45, 2.75) is 102 Å². The van der Waals surface area contributed by atoms with E-state index in [0.717, 1.165) is 6.42 Å². The Morgan fingerprint density at radius 1 is 0.867 bits per heavy atom. The Morgan fingerprint density at radius 2 is 1.47 bits per heavy atom. The Hall–Kier alpha value is 0.224. The van der Waals surface area contributed by atoms with Gasteiger partial charge in [0.05, 0.1) is 18.8 Å². The number of halogens is 1. The van der Waals surface area contributed by atoms with Gasteiger partial charge in [0.15, 0.2) is 0 Å². The van der Waals surface area contributed by atoms with Crippen molar-refractivity contribution >= 4 is 39.7 Å². The molecule has 2 saturated heterocycles. The van der Waals surface area contributed by atoms with Crippen LogP contribution in [0.3, 0.4) is 0 Å². The number of ether oxygens (including phenoxy) is 1.